The molecule has 3 rings (SSSR count). The predicted molar refractivity (Wildman–Crippen MR) is 79.9 cm³/mol. The summed E-state index contributed by atoms with van der Waals surface area (Å²) in [7, 11) is 0. The van der Waals surface area contributed by atoms with Crippen molar-refractivity contribution >= 4 is 15.9 Å². The van der Waals surface area contributed by atoms with E-state index in [9.17, 15) is 0 Å². The molecule has 0 amide bonds. The van der Waals surface area contributed by atoms with Crippen LogP contribution < -0.4 is 5.32 Å². The number of benzene rings is 1. The van der Waals surface area contributed by atoms with E-state index in [1.807, 2.05) is 0 Å². The fourth-order valence-corrected chi connectivity index (χ4v) is 3.33. The van der Waals surface area contributed by atoms with Gasteiger partial charge in [0.15, 0.2) is 0 Å². The molecule has 0 saturated heterocycles. The van der Waals surface area contributed by atoms with E-state index in [-0.39, 0.29) is 0 Å². The van der Waals surface area contributed by atoms with E-state index in [1.54, 1.807) is 0 Å². The third-order valence-electron chi connectivity index (χ3n) is 4.69. The molecule has 0 heterocycles. The van der Waals surface area contributed by atoms with Crippen molar-refractivity contribution in [2.45, 2.75) is 50.5 Å². The lowest BCUT2D eigenvalue weighted by Crippen LogP contribution is -2.41. The van der Waals surface area contributed by atoms with Crippen LogP contribution in [0.5, 0.6) is 0 Å². The van der Waals surface area contributed by atoms with Gasteiger partial charge in [-0.05, 0) is 55.3 Å². The third-order valence-corrected chi connectivity index (χ3v) is 5.22. The molecule has 2 heteroatoms. The fraction of sp³-hybridized carbons (Fsp3) is 0.625. The molecule has 0 atom stereocenters. The van der Waals surface area contributed by atoms with Crippen molar-refractivity contribution in [3.8, 4) is 0 Å². The van der Waals surface area contributed by atoms with Crippen LogP contribution in [0, 0.1) is 5.92 Å². The van der Waals surface area contributed by atoms with Crippen LogP contribution >= 0.6 is 15.9 Å². The van der Waals surface area contributed by atoms with Gasteiger partial charge in [-0.3, -0.25) is 0 Å². The zero-order valence-electron chi connectivity index (χ0n) is 10.9. The van der Waals surface area contributed by atoms with Gasteiger partial charge in [-0.2, -0.15) is 0 Å². The number of rotatable bonds is 5. The van der Waals surface area contributed by atoms with Gasteiger partial charge in [0.05, 0.1) is 0 Å². The van der Waals surface area contributed by atoms with Crippen molar-refractivity contribution in [2.24, 2.45) is 5.92 Å². The predicted octanol–water partition coefficient (Wildman–Crippen LogP) is 4.47. The van der Waals surface area contributed by atoms with Gasteiger partial charge in [0.1, 0.15) is 0 Å². The molecule has 0 aromatic heterocycles. The summed E-state index contributed by atoms with van der Waals surface area (Å²) in [5.74, 6) is 1.83. The number of halogens is 1. The molecule has 2 fully saturated rings. The molecule has 2 aliphatic carbocycles. The summed E-state index contributed by atoms with van der Waals surface area (Å²) in [6.45, 7) is 1.24. The van der Waals surface area contributed by atoms with E-state index in [0.717, 1.165) is 17.9 Å². The van der Waals surface area contributed by atoms with Crippen molar-refractivity contribution in [3.05, 3.63) is 34.3 Å². The van der Waals surface area contributed by atoms with Crippen molar-refractivity contribution in [3.63, 3.8) is 0 Å². The summed E-state index contributed by atoms with van der Waals surface area (Å²) in [6.07, 6.45) is 8.49. The molecule has 0 bridgehead atoms. The average molecular weight is 308 g/mol. The minimum Gasteiger partial charge on any atom is -0.314 e. The Morgan fingerprint density at radius 2 is 1.83 bits per heavy atom. The van der Waals surface area contributed by atoms with Gasteiger partial charge >= 0.3 is 0 Å². The second-order valence-electron chi connectivity index (χ2n) is 5.96. The summed E-state index contributed by atoms with van der Waals surface area (Å²) >= 11 is 3.49. The molecule has 0 radical (unpaired) electrons. The summed E-state index contributed by atoms with van der Waals surface area (Å²) in [5.41, 5.74) is 1.51. The van der Waals surface area contributed by atoms with Gasteiger partial charge < -0.3 is 5.32 Å². The lowest BCUT2D eigenvalue weighted by Gasteiger charge is -2.37. The zero-order chi connectivity index (χ0) is 12.4. The quantitative estimate of drug-likeness (QED) is 0.846. The minimum absolute atomic E-state index is 0.777. The lowest BCUT2D eigenvalue weighted by molar-refractivity contribution is 0.254. The number of hydrogen-bond acceptors (Lipinski definition) is 1. The van der Waals surface area contributed by atoms with Crippen LogP contribution in [0.4, 0.5) is 0 Å². The van der Waals surface area contributed by atoms with E-state index in [2.05, 4.69) is 45.5 Å². The fourth-order valence-electron chi connectivity index (χ4n) is 3.06. The van der Waals surface area contributed by atoms with Crippen LogP contribution in [0.1, 0.15) is 50.0 Å². The molecule has 0 unspecified atom stereocenters. The molecular weight excluding hydrogens is 286 g/mol. The van der Waals surface area contributed by atoms with Crippen LogP contribution in [0.2, 0.25) is 0 Å². The van der Waals surface area contributed by atoms with E-state index in [4.69, 9.17) is 0 Å². The maximum absolute atomic E-state index is 3.72. The monoisotopic (exact) mass is 307 g/mol. The second kappa shape index (κ2) is 5.75. The minimum atomic E-state index is 0.777. The Morgan fingerprint density at radius 3 is 2.44 bits per heavy atom. The Balaban J connectivity index is 1.36. The van der Waals surface area contributed by atoms with E-state index >= 15 is 0 Å². The Labute approximate surface area is 118 Å². The average Bonchev–Trinajstić information content (AvgIpc) is 2.26. The first kappa shape index (κ1) is 12.7. The van der Waals surface area contributed by atoms with Gasteiger partial charge in [-0.1, -0.05) is 47.3 Å². The van der Waals surface area contributed by atoms with Gasteiger partial charge in [0, 0.05) is 10.5 Å². The van der Waals surface area contributed by atoms with Crippen molar-refractivity contribution in [1.29, 1.82) is 0 Å². The van der Waals surface area contributed by atoms with Crippen LogP contribution in [0.15, 0.2) is 28.7 Å². The molecular formula is C16H22BrN. The van der Waals surface area contributed by atoms with Crippen LogP contribution in [-0.2, 0) is 0 Å². The van der Waals surface area contributed by atoms with Gasteiger partial charge in [0.2, 0.25) is 0 Å². The van der Waals surface area contributed by atoms with Crippen LogP contribution in [0.3, 0.4) is 0 Å². The summed E-state index contributed by atoms with van der Waals surface area (Å²) in [6, 6.07) is 9.62. The van der Waals surface area contributed by atoms with Crippen molar-refractivity contribution < 1.29 is 0 Å². The highest BCUT2D eigenvalue weighted by Gasteiger charge is 2.29. The maximum Gasteiger partial charge on any atom is 0.0175 e. The standard InChI is InChI=1S/C16H22BrN/c17-15-6-4-13(5-7-15)14-10-16(11-14)18-9-8-12-2-1-3-12/h4-7,12,14,16,18H,1-3,8-11H2. The molecule has 1 aromatic rings. The molecule has 0 spiro atoms. The molecule has 98 valence electrons. The largest absolute Gasteiger partial charge is 0.314 e. The highest BCUT2D eigenvalue weighted by molar-refractivity contribution is 9.10. The van der Waals surface area contributed by atoms with Gasteiger partial charge in [0.25, 0.3) is 0 Å². The Bertz CT molecular complexity index is 377. The Morgan fingerprint density at radius 1 is 1.11 bits per heavy atom. The lowest BCUT2D eigenvalue weighted by atomic mass is 9.75. The summed E-state index contributed by atoms with van der Waals surface area (Å²) < 4.78 is 1.18. The first-order valence-corrected chi connectivity index (χ1v) is 8.09. The molecule has 1 N–H and O–H groups in total. The Hall–Kier alpha value is -0.340. The number of hydrogen-bond donors (Lipinski definition) is 1. The maximum atomic E-state index is 3.72. The molecule has 2 aliphatic rings. The molecule has 0 aliphatic heterocycles. The van der Waals surface area contributed by atoms with E-state index in [0.29, 0.717) is 0 Å². The van der Waals surface area contributed by atoms with Gasteiger partial charge in [-0.25, -0.2) is 0 Å². The molecule has 18 heavy (non-hydrogen) atoms. The normalized spacial score (nSPS) is 27.6. The smallest absolute Gasteiger partial charge is 0.0175 e. The third kappa shape index (κ3) is 2.97. The zero-order valence-corrected chi connectivity index (χ0v) is 12.5. The second-order valence-corrected chi connectivity index (χ2v) is 6.87. The van der Waals surface area contributed by atoms with Crippen molar-refractivity contribution in [2.75, 3.05) is 6.54 Å². The molecule has 2 saturated carbocycles. The first-order valence-electron chi connectivity index (χ1n) is 7.30. The Kier molecular flexibility index (Phi) is 4.05. The highest BCUT2D eigenvalue weighted by atomic mass is 79.9. The van der Waals surface area contributed by atoms with Gasteiger partial charge in [-0.15, -0.1) is 0 Å². The highest BCUT2D eigenvalue weighted by Crippen LogP contribution is 2.37. The van der Waals surface area contributed by atoms with E-state index in [1.165, 1.54) is 55.1 Å². The SMILES string of the molecule is Brc1ccc(C2CC(NCCC3CCC3)C2)cc1. The van der Waals surface area contributed by atoms with Crippen molar-refractivity contribution in [1.82, 2.24) is 5.32 Å². The molecule has 1 nitrogen and oxygen atoms in total. The molecule has 1 aromatic carbocycles. The first-order chi connectivity index (χ1) is 8.81. The topological polar surface area (TPSA) is 12.0 Å². The van der Waals surface area contributed by atoms with Crippen LogP contribution in [-0.4, -0.2) is 12.6 Å². The number of nitrogens with one attached hydrogen (secondary N) is 1. The van der Waals surface area contributed by atoms with Crippen LogP contribution in [0.25, 0.3) is 0 Å². The summed E-state index contributed by atoms with van der Waals surface area (Å²) in [5, 5.41) is 3.72. The summed E-state index contributed by atoms with van der Waals surface area (Å²) in [4.78, 5) is 0. The van der Waals surface area contributed by atoms with E-state index < -0.39 is 0 Å².